The lowest BCUT2D eigenvalue weighted by atomic mass is 9.74. The van der Waals surface area contributed by atoms with Gasteiger partial charge < -0.3 is 10.1 Å². The summed E-state index contributed by atoms with van der Waals surface area (Å²) in [6, 6.07) is 0.692. The van der Waals surface area contributed by atoms with Gasteiger partial charge in [-0.3, -0.25) is 0 Å². The van der Waals surface area contributed by atoms with Gasteiger partial charge in [0.1, 0.15) is 0 Å². The lowest BCUT2D eigenvalue weighted by Gasteiger charge is -2.37. The Hall–Kier alpha value is -0.0800. The van der Waals surface area contributed by atoms with Crippen molar-refractivity contribution in [1.82, 2.24) is 5.32 Å². The van der Waals surface area contributed by atoms with Crippen LogP contribution in [-0.4, -0.2) is 26.3 Å². The molecule has 1 rings (SSSR count). The first-order valence-electron chi connectivity index (χ1n) is 7.41. The van der Waals surface area contributed by atoms with Crippen LogP contribution in [0, 0.1) is 17.8 Å². The van der Waals surface area contributed by atoms with Gasteiger partial charge >= 0.3 is 0 Å². The molecule has 2 heteroatoms. The minimum atomic E-state index is 0.692. The van der Waals surface area contributed by atoms with E-state index in [1.54, 1.807) is 7.11 Å². The topological polar surface area (TPSA) is 21.3 Å². The minimum absolute atomic E-state index is 0.692. The number of rotatable bonds is 7. The SMILES string of the molecule is CCNC(C(C)CCOC)C1CCCC(C)C1. The first-order valence-corrected chi connectivity index (χ1v) is 7.41. The zero-order valence-electron chi connectivity index (χ0n) is 12.2. The Balaban J connectivity index is 2.50. The van der Waals surface area contributed by atoms with E-state index in [4.69, 9.17) is 4.74 Å². The summed E-state index contributed by atoms with van der Waals surface area (Å²) >= 11 is 0. The summed E-state index contributed by atoms with van der Waals surface area (Å²) in [4.78, 5) is 0. The van der Waals surface area contributed by atoms with Gasteiger partial charge in [0.25, 0.3) is 0 Å². The molecule has 1 aliphatic rings. The van der Waals surface area contributed by atoms with Crippen LogP contribution in [0.15, 0.2) is 0 Å². The molecule has 0 spiro atoms. The second-order valence-electron chi connectivity index (χ2n) is 5.87. The van der Waals surface area contributed by atoms with Crippen molar-refractivity contribution in [2.75, 3.05) is 20.3 Å². The van der Waals surface area contributed by atoms with Crippen LogP contribution in [0.5, 0.6) is 0 Å². The van der Waals surface area contributed by atoms with Crippen LogP contribution >= 0.6 is 0 Å². The molecule has 4 atom stereocenters. The minimum Gasteiger partial charge on any atom is -0.385 e. The van der Waals surface area contributed by atoms with Gasteiger partial charge in [-0.05, 0) is 43.6 Å². The highest BCUT2D eigenvalue weighted by molar-refractivity contribution is 4.84. The zero-order valence-corrected chi connectivity index (χ0v) is 12.2. The van der Waals surface area contributed by atoms with Crippen molar-refractivity contribution in [3.63, 3.8) is 0 Å². The number of hydrogen-bond acceptors (Lipinski definition) is 2. The van der Waals surface area contributed by atoms with Crippen LogP contribution < -0.4 is 5.32 Å². The molecule has 1 N–H and O–H groups in total. The second kappa shape index (κ2) is 8.10. The van der Waals surface area contributed by atoms with E-state index < -0.39 is 0 Å². The van der Waals surface area contributed by atoms with Crippen molar-refractivity contribution < 1.29 is 4.74 Å². The van der Waals surface area contributed by atoms with Crippen LogP contribution in [-0.2, 0) is 4.74 Å². The van der Waals surface area contributed by atoms with Crippen molar-refractivity contribution in [3.05, 3.63) is 0 Å². The number of nitrogens with one attached hydrogen (secondary N) is 1. The molecule has 0 aromatic rings. The van der Waals surface area contributed by atoms with Gasteiger partial charge in [0.2, 0.25) is 0 Å². The normalized spacial score (nSPS) is 28.9. The second-order valence-corrected chi connectivity index (χ2v) is 5.87. The van der Waals surface area contributed by atoms with Crippen molar-refractivity contribution in [3.8, 4) is 0 Å². The third kappa shape index (κ3) is 4.97. The average molecular weight is 241 g/mol. The van der Waals surface area contributed by atoms with E-state index in [-0.39, 0.29) is 0 Å². The lowest BCUT2D eigenvalue weighted by Crippen LogP contribution is -2.43. The maximum absolute atomic E-state index is 5.22. The maximum Gasteiger partial charge on any atom is 0.0465 e. The smallest absolute Gasteiger partial charge is 0.0465 e. The molecule has 0 aromatic carbocycles. The summed E-state index contributed by atoms with van der Waals surface area (Å²) in [6.07, 6.45) is 6.86. The maximum atomic E-state index is 5.22. The highest BCUT2D eigenvalue weighted by Gasteiger charge is 2.29. The van der Waals surface area contributed by atoms with E-state index in [1.165, 1.54) is 32.1 Å². The third-order valence-electron chi connectivity index (χ3n) is 4.32. The Morgan fingerprint density at radius 1 is 1.35 bits per heavy atom. The molecule has 4 unspecified atom stereocenters. The van der Waals surface area contributed by atoms with E-state index in [2.05, 4.69) is 26.1 Å². The zero-order chi connectivity index (χ0) is 12.7. The number of ether oxygens (including phenoxy) is 1. The van der Waals surface area contributed by atoms with E-state index in [0.717, 1.165) is 30.9 Å². The van der Waals surface area contributed by atoms with Crippen molar-refractivity contribution >= 4 is 0 Å². The third-order valence-corrected chi connectivity index (χ3v) is 4.32. The van der Waals surface area contributed by atoms with Crippen molar-refractivity contribution in [1.29, 1.82) is 0 Å². The molecule has 2 nitrogen and oxygen atoms in total. The van der Waals surface area contributed by atoms with E-state index >= 15 is 0 Å². The molecular weight excluding hydrogens is 210 g/mol. The van der Waals surface area contributed by atoms with Crippen LogP contribution in [0.4, 0.5) is 0 Å². The van der Waals surface area contributed by atoms with Gasteiger partial charge in [-0.15, -0.1) is 0 Å². The quantitative estimate of drug-likeness (QED) is 0.737. The predicted octanol–water partition coefficient (Wildman–Crippen LogP) is 3.46. The number of methoxy groups -OCH3 is 1. The van der Waals surface area contributed by atoms with Crippen LogP contribution in [0.2, 0.25) is 0 Å². The van der Waals surface area contributed by atoms with Crippen molar-refractivity contribution in [2.24, 2.45) is 17.8 Å². The molecular formula is C15H31NO. The summed E-state index contributed by atoms with van der Waals surface area (Å²) in [5.41, 5.74) is 0. The Bertz CT molecular complexity index is 195. The monoisotopic (exact) mass is 241 g/mol. The largest absolute Gasteiger partial charge is 0.385 e. The van der Waals surface area contributed by atoms with Gasteiger partial charge in [0, 0.05) is 19.8 Å². The number of hydrogen-bond donors (Lipinski definition) is 1. The first kappa shape index (κ1) is 15.0. The van der Waals surface area contributed by atoms with Crippen LogP contribution in [0.3, 0.4) is 0 Å². The van der Waals surface area contributed by atoms with Gasteiger partial charge in [-0.1, -0.05) is 33.6 Å². The average Bonchev–Trinajstić information content (AvgIpc) is 2.33. The van der Waals surface area contributed by atoms with Gasteiger partial charge in [-0.2, -0.15) is 0 Å². The van der Waals surface area contributed by atoms with Crippen molar-refractivity contribution in [2.45, 2.75) is 58.9 Å². The van der Waals surface area contributed by atoms with E-state index in [1.807, 2.05) is 0 Å². The molecule has 0 heterocycles. The summed E-state index contributed by atoms with van der Waals surface area (Å²) in [7, 11) is 1.80. The summed E-state index contributed by atoms with van der Waals surface area (Å²) < 4.78 is 5.22. The van der Waals surface area contributed by atoms with E-state index in [9.17, 15) is 0 Å². The summed E-state index contributed by atoms with van der Waals surface area (Å²) in [6.45, 7) is 9.00. The highest BCUT2D eigenvalue weighted by Crippen LogP contribution is 2.33. The van der Waals surface area contributed by atoms with Crippen LogP contribution in [0.25, 0.3) is 0 Å². The predicted molar refractivity (Wildman–Crippen MR) is 74.2 cm³/mol. The van der Waals surface area contributed by atoms with Gasteiger partial charge in [0.05, 0.1) is 0 Å². The molecule has 0 aliphatic heterocycles. The van der Waals surface area contributed by atoms with Gasteiger partial charge in [-0.25, -0.2) is 0 Å². The molecule has 0 amide bonds. The fraction of sp³-hybridized carbons (Fsp3) is 1.00. The van der Waals surface area contributed by atoms with Crippen LogP contribution in [0.1, 0.15) is 52.9 Å². The molecule has 17 heavy (non-hydrogen) atoms. The first-order chi connectivity index (χ1) is 8.19. The lowest BCUT2D eigenvalue weighted by molar-refractivity contribution is 0.138. The Morgan fingerprint density at radius 2 is 2.12 bits per heavy atom. The fourth-order valence-electron chi connectivity index (χ4n) is 3.36. The summed E-state index contributed by atoms with van der Waals surface area (Å²) in [5.74, 6) is 2.53. The molecule has 0 saturated heterocycles. The molecule has 1 saturated carbocycles. The molecule has 1 aliphatic carbocycles. The fourth-order valence-corrected chi connectivity index (χ4v) is 3.36. The molecule has 0 aromatic heterocycles. The Labute approximate surface area is 108 Å². The Kier molecular flexibility index (Phi) is 7.14. The molecule has 0 bridgehead atoms. The van der Waals surface area contributed by atoms with E-state index in [0.29, 0.717) is 6.04 Å². The standard InChI is InChI=1S/C15H31NO/c1-5-16-15(13(3)9-10-17-4)14-8-6-7-12(2)11-14/h12-16H,5-11H2,1-4H3. The molecule has 0 radical (unpaired) electrons. The highest BCUT2D eigenvalue weighted by atomic mass is 16.5. The molecule has 102 valence electrons. The Morgan fingerprint density at radius 3 is 2.71 bits per heavy atom. The summed E-state index contributed by atoms with van der Waals surface area (Å²) in [5, 5.41) is 3.73. The molecule has 1 fully saturated rings. The van der Waals surface area contributed by atoms with Gasteiger partial charge in [0.15, 0.2) is 0 Å².